The van der Waals surface area contributed by atoms with Gasteiger partial charge in [0.2, 0.25) is 0 Å². The van der Waals surface area contributed by atoms with Gasteiger partial charge in [0.05, 0.1) is 7.11 Å². The summed E-state index contributed by atoms with van der Waals surface area (Å²) in [4.78, 5) is 0. The largest absolute Gasteiger partial charge is 0.497 e. The molecule has 1 aromatic rings. The summed E-state index contributed by atoms with van der Waals surface area (Å²) in [5.74, 6) is 1.82. The fourth-order valence-corrected chi connectivity index (χ4v) is 2.75. The number of benzene rings is 1. The molecule has 0 amide bonds. The van der Waals surface area contributed by atoms with E-state index in [4.69, 9.17) is 10.5 Å². The van der Waals surface area contributed by atoms with Gasteiger partial charge in [-0.2, -0.15) is 0 Å². The summed E-state index contributed by atoms with van der Waals surface area (Å²) < 4.78 is 5.23. The van der Waals surface area contributed by atoms with Crippen LogP contribution in [-0.4, -0.2) is 7.11 Å². The van der Waals surface area contributed by atoms with E-state index in [1.165, 1.54) is 37.7 Å². The van der Waals surface area contributed by atoms with Crippen molar-refractivity contribution in [1.82, 2.24) is 0 Å². The maximum atomic E-state index is 6.24. The molecule has 0 aromatic heterocycles. The van der Waals surface area contributed by atoms with E-state index in [2.05, 4.69) is 12.1 Å². The van der Waals surface area contributed by atoms with E-state index in [1.54, 1.807) is 7.11 Å². The highest BCUT2D eigenvalue weighted by Crippen LogP contribution is 2.31. The van der Waals surface area contributed by atoms with Crippen molar-refractivity contribution in [2.45, 2.75) is 44.6 Å². The molecule has 2 N–H and O–H groups in total. The number of methoxy groups -OCH3 is 1. The molecule has 0 radical (unpaired) electrons. The molecule has 1 saturated carbocycles. The van der Waals surface area contributed by atoms with Crippen molar-refractivity contribution in [3.05, 3.63) is 29.8 Å². The van der Waals surface area contributed by atoms with Crippen LogP contribution in [0.15, 0.2) is 24.3 Å². The minimum atomic E-state index is 0.158. The van der Waals surface area contributed by atoms with Gasteiger partial charge in [-0.25, -0.2) is 0 Å². The summed E-state index contributed by atoms with van der Waals surface area (Å²) in [6.07, 6.45) is 8.02. The van der Waals surface area contributed by atoms with Gasteiger partial charge in [0.15, 0.2) is 0 Å². The molecule has 94 valence electrons. The lowest BCUT2D eigenvalue weighted by molar-refractivity contribution is 0.412. The molecule has 1 aromatic carbocycles. The van der Waals surface area contributed by atoms with Gasteiger partial charge in [-0.1, -0.05) is 37.8 Å². The van der Waals surface area contributed by atoms with Crippen LogP contribution in [0.2, 0.25) is 0 Å². The van der Waals surface area contributed by atoms with E-state index in [0.717, 1.165) is 18.1 Å². The second kappa shape index (κ2) is 6.06. The third kappa shape index (κ3) is 3.47. The number of nitrogens with two attached hydrogens (primary N) is 1. The van der Waals surface area contributed by atoms with E-state index >= 15 is 0 Å². The molecule has 0 aliphatic heterocycles. The van der Waals surface area contributed by atoms with E-state index in [1.807, 2.05) is 12.1 Å². The Labute approximate surface area is 104 Å². The van der Waals surface area contributed by atoms with Crippen LogP contribution in [0.5, 0.6) is 5.75 Å². The average molecular weight is 233 g/mol. The van der Waals surface area contributed by atoms with Crippen molar-refractivity contribution >= 4 is 0 Å². The van der Waals surface area contributed by atoms with Crippen LogP contribution in [0, 0.1) is 5.92 Å². The molecule has 2 rings (SSSR count). The summed E-state index contributed by atoms with van der Waals surface area (Å²) in [5, 5.41) is 0. The molecule has 0 bridgehead atoms. The number of rotatable bonds is 5. The van der Waals surface area contributed by atoms with Crippen molar-refractivity contribution in [2.75, 3.05) is 7.11 Å². The monoisotopic (exact) mass is 233 g/mol. The topological polar surface area (TPSA) is 35.2 Å². The Morgan fingerprint density at radius 2 is 2.12 bits per heavy atom. The first kappa shape index (κ1) is 12.4. The molecule has 1 aliphatic rings. The van der Waals surface area contributed by atoms with Crippen molar-refractivity contribution in [3.63, 3.8) is 0 Å². The van der Waals surface area contributed by atoms with Crippen LogP contribution in [0.1, 0.15) is 50.1 Å². The molecular weight excluding hydrogens is 210 g/mol. The summed E-state index contributed by atoms with van der Waals surface area (Å²) in [5.41, 5.74) is 7.44. The zero-order valence-corrected chi connectivity index (χ0v) is 10.7. The molecule has 0 saturated heterocycles. The standard InChI is InChI=1S/C15H23NO/c1-17-14-8-4-7-13(11-14)15(16)10-9-12-5-2-3-6-12/h4,7-8,11-12,15H,2-3,5-6,9-10,16H2,1H3. The normalized spacial score (nSPS) is 18.2. The van der Waals surface area contributed by atoms with Crippen LogP contribution in [0.25, 0.3) is 0 Å². The van der Waals surface area contributed by atoms with Gasteiger partial charge < -0.3 is 10.5 Å². The number of hydrogen-bond acceptors (Lipinski definition) is 2. The second-order valence-electron chi connectivity index (χ2n) is 5.11. The molecule has 1 aliphatic carbocycles. The lowest BCUT2D eigenvalue weighted by Gasteiger charge is -2.15. The Morgan fingerprint density at radius 1 is 1.35 bits per heavy atom. The van der Waals surface area contributed by atoms with E-state index < -0.39 is 0 Å². The fourth-order valence-electron chi connectivity index (χ4n) is 2.75. The smallest absolute Gasteiger partial charge is 0.119 e. The Kier molecular flexibility index (Phi) is 4.43. The predicted octanol–water partition coefficient (Wildman–Crippen LogP) is 3.67. The van der Waals surface area contributed by atoms with Crippen LogP contribution in [0.4, 0.5) is 0 Å². The first-order valence-electron chi connectivity index (χ1n) is 6.69. The Hall–Kier alpha value is -1.02. The summed E-state index contributed by atoms with van der Waals surface area (Å²) in [6, 6.07) is 8.29. The predicted molar refractivity (Wildman–Crippen MR) is 71.1 cm³/mol. The zero-order valence-electron chi connectivity index (χ0n) is 10.7. The van der Waals surface area contributed by atoms with Crippen LogP contribution < -0.4 is 10.5 Å². The van der Waals surface area contributed by atoms with Crippen LogP contribution in [0.3, 0.4) is 0 Å². The highest BCUT2D eigenvalue weighted by Gasteiger charge is 2.16. The van der Waals surface area contributed by atoms with Gasteiger partial charge >= 0.3 is 0 Å². The molecule has 1 unspecified atom stereocenters. The third-order valence-electron chi connectivity index (χ3n) is 3.88. The SMILES string of the molecule is COc1cccc(C(N)CCC2CCCC2)c1. The molecule has 2 nitrogen and oxygen atoms in total. The highest BCUT2D eigenvalue weighted by molar-refractivity contribution is 5.30. The van der Waals surface area contributed by atoms with Gasteiger partial charge in [-0.3, -0.25) is 0 Å². The molecule has 0 spiro atoms. The van der Waals surface area contributed by atoms with Crippen LogP contribution >= 0.6 is 0 Å². The first-order valence-corrected chi connectivity index (χ1v) is 6.69. The van der Waals surface area contributed by atoms with Gasteiger partial charge in [0, 0.05) is 6.04 Å². The lowest BCUT2D eigenvalue weighted by atomic mass is 9.95. The molecular formula is C15H23NO. The molecule has 1 atom stereocenters. The molecule has 2 heteroatoms. The third-order valence-corrected chi connectivity index (χ3v) is 3.88. The summed E-state index contributed by atoms with van der Waals surface area (Å²) in [6.45, 7) is 0. The Bertz CT molecular complexity index is 345. The Balaban J connectivity index is 1.87. The average Bonchev–Trinajstić information content (AvgIpc) is 2.89. The highest BCUT2D eigenvalue weighted by atomic mass is 16.5. The summed E-state index contributed by atoms with van der Waals surface area (Å²) >= 11 is 0. The van der Waals surface area contributed by atoms with Crippen LogP contribution in [-0.2, 0) is 0 Å². The molecule has 1 fully saturated rings. The summed E-state index contributed by atoms with van der Waals surface area (Å²) in [7, 11) is 1.70. The maximum Gasteiger partial charge on any atom is 0.119 e. The minimum Gasteiger partial charge on any atom is -0.497 e. The fraction of sp³-hybridized carbons (Fsp3) is 0.600. The zero-order chi connectivity index (χ0) is 12.1. The molecule has 0 heterocycles. The first-order chi connectivity index (χ1) is 8.29. The van der Waals surface area contributed by atoms with Crippen molar-refractivity contribution in [2.24, 2.45) is 11.7 Å². The second-order valence-corrected chi connectivity index (χ2v) is 5.11. The number of hydrogen-bond donors (Lipinski definition) is 1. The lowest BCUT2D eigenvalue weighted by Crippen LogP contribution is -2.11. The minimum absolute atomic E-state index is 0.158. The quantitative estimate of drug-likeness (QED) is 0.842. The van der Waals surface area contributed by atoms with Gasteiger partial charge in [0.25, 0.3) is 0 Å². The van der Waals surface area contributed by atoms with E-state index in [9.17, 15) is 0 Å². The molecule has 17 heavy (non-hydrogen) atoms. The maximum absolute atomic E-state index is 6.24. The van der Waals surface area contributed by atoms with Crippen molar-refractivity contribution in [1.29, 1.82) is 0 Å². The van der Waals surface area contributed by atoms with E-state index in [-0.39, 0.29) is 6.04 Å². The number of ether oxygens (including phenoxy) is 1. The van der Waals surface area contributed by atoms with E-state index in [0.29, 0.717) is 0 Å². The Morgan fingerprint density at radius 3 is 2.82 bits per heavy atom. The van der Waals surface area contributed by atoms with Gasteiger partial charge in [-0.15, -0.1) is 0 Å². The van der Waals surface area contributed by atoms with Gasteiger partial charge in [-0.05, 0) is 36.5 Å². The van der Waals surface area contributed by atoms with Gasteiger partial charge in [0.1, 0.15) is 5.75 Å². The van der Waals surface area contributed by atoms with Crippen molar-refractivity contribution < 1.29 is 4.74 Å². The van der Waals surface area contributed by atoms with Crippen molar-refractivity contribution in [3.8, 4) is 5.75 Å².